The first-order valence-corrected chi connectivity index (χ1v) is 7.68. The molecule has 1 fully saturated rings. The van der Waals surface area contributed by atoms with Gasteiger partial charge >= 0.3 is 6.18 Å². The van der Waals surface area contributed by atoms with E-state index < -0.39 is 12.8 Å². The molecule has 0 radical (unpaired) electrons. The predicted molar refractivity (Wildman–Crippen MR) is 88.8 cm³/mol. The molecule has 24 heavy (non-hydrogen) atoms. The molecule has 1 aromatic rings. The summed E-state index contributed by atoms with van der Waals surface area (Å²) in [7, 11) is 0. The van der Waals surface area contributed by atoms with Crippen molar-refractivity contribution in [1.82, 2.24) is 0 Å². The highest BCUT2D eigenvalue weighted by atomic mass is 35.5. The van der Waals surface area contributed by atoms with E-state index in [9.17, 15) is 18.0 Å². The summed E-state index contributed by atoms with van der Waals surface area (Å²) in [5.74, 6) is -0.490. The second-order valence-electron chi connectivity index (χ2n) is 5.57. The number of carbonyl (C=O) groups is 1. The highest BCUT2D eigenvalue weighted by Gasteiger charge is 2.33. The standard InChI is InChI=1S/C15H18ClF3N2O2.ClH/c16-10-4-5-12(13(6-10)23-8-15(17,18)19)21-14(22)11-3-1-2-9(11)7-20;/h4-6,9,11H,1-3,7-8,20H2,(H,21,22);1H/t9-,11-;/m1./s1. The van der Waals surface area contributed by atoms with Gasteiger partial charge in [-0.05, 0) is 37.4 Å². The maximum Gasteiger partial charge on any atom is 0.422 e. The zero-order valence-corrected chi connectivity index (χ0v) is 14.3. The molecule has 1 saturated carbocycles. The van der Waals surface area contributed by atoms with Crippen LogP contribution in [0.2, 0.25) is 5.02 Å². The van der Waals surface area contributed by atoms with Gasteiger partial charge in [0.25, 0.3) is 0 Å². The van der Waals surface area contributed by atoms with Crippen molar-refractivity contribution in [1.29, 1.82) is 0 Å². The van der Waals surface area contributed by atoms with Crippen LogP contribution in [0.4, 0.5) is 18.9 Å². The molecule has 2 rings (SSSR count). The molecule has 0 unspecified atom stereocenters. The van der Waals surface area contributed by atoms with E-state index in [2.05, 4.69) is 5.32 Å². The molecule has 1 aliphatic carbocycles. The fraction of sp³-hybridized carbons (Fsp3) is 0.533. The van der Waals surface area contributed by atoms with Gasteiger partial charge in [-0.1, -0.05) is 18.0 Å². The molecule has 136 valence electrons. The number of rotatable bonds is 5. The Morgan fingerprint density at radius 1 is 1.38 bits per heavy atom. The van der Waals surface area contributed by atoms with E-state index in [0.29, 0.717) is 6.54 Å². The molecular weight excluding hydrogens is 368 g/mol. The summed E-state index contributed by atoms with van der Waals surface area (Å²) in [6, 6.07) is 4.16. The number of anilines is 1. The van der Waals surface area contributed by atoms with Crippen LogP contribution in [0.3, 0.4) is 0 Å². The third-order valence-corrected chi connectivity index (χ3v) is 4.13. The number of ether oxygens (including phenoxy) is 1. The van der Waals surface area contributed by atoms with E-state index in [1.807, 2.05) is 0 Å². The van der Waals surface area contributed by atoms with Crippen LogP contribution in [-0.2, 0) is 4.79 Å². The molecule has 3 N–H and O–H groups in total. The van der Waals surface area contributed by atoms with E-state index in [1.54, 1.807) is 0 Å². The minimum atomic E-state index is -4.47. The number of halogens is 5. The Morgan fingerprint density at radius 2 is 2.08 bits per heavy atom. The number of amides is 1. The van der Waals surface area contributed by atoms with Crippen LogP contribution in [-0.4, -0.2) is 25.2 Å². The van der Waals surface area contributed by atoms with Crippen molar-refractivity contribution in [2.24, 2.45) is 17.6 Å². The van der Waals surface area contributed by atoms with E-state index in [-0.39, 0.29) is 46.6 Å². The molecule has 2 atom stereocenters. The second-order valence-corrected chi connectivity index (χ2v) is 6.00. The molecule has 9 heteroatoms. The Labute approximate surface area is 149 Å². The van der Waals surface area contributed by atoms with Crippen molar-refractivity contribution in [3.63, 3.8) is 0 Å². The summed E-state index contributed by atoms with van der Waals surface area (Å²) in [4.78, 5) is 12.3. The topological polar surface area (TPSA) is 64.4 Å². The van der Waals surface area contributed by atoms with E-state index in [4.69, 9.17) is 22.1 Å². The number of hydrogen-bond donors (Lipinski definition) is 2. The Bertz CT molecular complexity index is 570. The van der Waals surface area contributed by atoms with Gasteiger partial charge in [0.05, 0.1) is 5.69 Å². The van der Waals surface area contributed by atoms with Crippen molar-refractivity contribution in [2.75, 3.05) is 18.5 Å². The molecular formula is C15H19Cl2F3N2O2. The smallest absolute Gasteiger partial charge is 0.422 e. The largest absolute Gasteiger partial charge is 0.482 e. The lowest BCUT2D eigenvalue weighted by molar-refractivity contribution is -0.153. The Balaban J connectivity index is 0.00000288. The van der Waals surface area contributed by atoms with Crippen molar-refractivity contribution in [3.05, 3.63) is 23.2 Å². The minimum absolute atomic E-state index is 0. The molecule has 0 saturated heterocycles. The molecule has 0 aromatic heterocycles. The van der Waals surface area contributed by atoms with Crippen molar-refractivity contribution in [3.8, 4) is 5.75 Å². The lowest BCUT2D eigenvalue weighted by Gasteiger charge is -2.19. The minimum Gasteiger partial charge on any atom is -0.482 e. The fourth-order valence-corrected chi connectivity index (χ4v) is 2.93. The summed E-state index contributed by atoms with van der Waals surface area (Å²) in [6.07, 6.45) is -1.95. The molecule has 0 spiro atoms. The first kappa shape index (κ1) is 20.9. The SMILES string of the molecule is Cl.NC[C@H]1CCC[C@H]1C(=O)Nc1ccc(Cl)cc1OCC(F)(F)F. The van der Waals surface area contributed by atoms with Crippen molar-refractivity contribution in [2.45, 2.75) is 25.4 Å². The van der Waals surface area contributed by atoms with Gasteiger partial charge < -0.3 is 15.8 Å². The average Bonchev–Trinajstić information content (AvgIpc) is 2.95. The lowest BCUT2D eigenvalue weighted by atomic mass is 9.95. The zero-order valence-electron chi connectivity index (χ0n) is 12.7. The van der Waals surface area contributed by atoms with Gasteiger partial charge in [-0.2, -0.15) is 13.2 Å². The first-order chi connectivity index (χ1) is 10.8. The summed E-state index contributed by atoms with van der Waals surface area (Å²) in [5, 5.41) is 2.86. The van der Waals surface area contributed by atoms with E-state index in [0.717, 1.165) is 19.3 Å². The third-order valence-electron chi connectivity index (χ3n) is 3.89. The van der Waals surface area contributed by atoms with E-state index >= 15 is 0 Å². The van der Waals surface area contributed by atoms with Crippen LogP contribution in [0.5, 0.6) is 5.75 Å². The first-order valence-electron chi connectivity index (χ1n) is 7.30. The van der Waals surface area contributed by atoms with Crippen molar-refractivity contribution >= 4 is 35.6 Å². The van der Waals surface area contributed by atoms with Gasteiger partial charge in [-0.15, -0.1) is 12.4 Å². The molecule has 0 bridgehead atoms. The van der Waals surface area contributed by atoms with Gasteiger partial charge in [0.15, 0.2) is 6.61 Å². The molecule has 1 amide bonds. The van der Waals surface area contributed by atoms with Gasteiger partial charge in [-0.3, -0.25) is 4.79 Å². The van der Waals surface area contributed by atoms with Crippen LogP contribution < -0.4 is 15.8 Å². The maximum absolute atomic E-state index is 12.3. The van der Waals surface area contributed by atoms with Gasteiger partial charge in [0.1, 0.15) is 5.75 Å². The molecule has 1 aliphatic rings. The molecule has 0 heterocycles. The van der Waals surface area contributed by atoms with E-state index in [1.165, 1.54) is 18.2 Å². The van der Waals surface area contributed by atoms with Crippen LogP contribution in [0, 0.1) is 11.8 Å². The van der Waals surface area contributed by atoms with Gasteiger partial charge in [0, 0.05) is 17.0 Å². The average molecular weight is 387 g/mol. The van der Waals surface area contributed by atoms with Gasteiger partial charge in [-0.25, -0.2) is 0 Å². The molecule has 0 aliphatic heterocycles. The van der Waals surface area contributed by atoms with Gasteiger partial charge in [0.2, 0.25) is 5.91 Å². The highest BCUT2D eigenvalue weighted by Crippen LogP contribution is 2.34. The molecule has 4 nitrogen and oxygen atoms in total. The second kappa shape index (κ2) is 8.78. The number of hydrogen-bond acceptors (Lipinski definition) is 3. The maximum atomic E-state index is 12.3. The predicted octanol–water partition coefficient (Wildman–Crippen LogP) is 4.02. The Morgan fingerprint density at radius 3 is 2.71 bits per heavy atom. The normalized spacial score (nSPS) is 20.4. The van der Waals surface area contributed by atoms with Crippen LogP contribution in [0.25, 0.3) is 0 Å². The summed E-state index contributed by atoms with van der Waals surface area (Å²) in [5.41, 5.74) is 5.83. The Hall–Kier alpha value is -1.18. The monoisotopic (exact) mass is 386 g/mol. The zero-order chi connectivity index (χ0) is 17.0. The fourth-order valence-electron chi connectivity index (χ4n) is 2.77. The Kier molecular flexibility index (Phi) is 7.63. The number of nitrogens with two attached hydrogens (primary N) is 1. The number of nitrogens with one attached hydrogen (secondary N) is 1. The quantitative estimate of drug-likeness (QED) is 0.802. The third kappa shape index (κ3) is 5.72. The summed E-state index contributed by atoms with van der Waals surface area (Å²) in [6.45, 7) is -1.04. The number of carbonyl (C=O) groups excluding carboxylic acids is 1. The van der Waals surface area contributed by atoms with Crippen LogP contribution in [0.15, 0.2) is 18.2 Å². The highest BCUT2D eigenvalue weighted by molar-refractivity contribution is 6.30. The molecule has 1 aromatic carbocycles. The lowest BCUT2D eigenvalue weighted by Crippen LogP contribution is -2.30. The number of alkyl halides is 3. The van der Waals surface area contributed by atoms with Crippen LogP contribution in [0.1, 0.15) is 19.3 Å². The summed E-state index contributed by atoms with van der Waals surface area (Å²) < 4.78 is 41.7. The summed E-state index contributed by atoms with van der Waals surface area (Å²) >= 11 is 5.79. The van der Waals surface area contributed by atoms with Crippen molar-refractivity contribution < 1.29 is 22.7 Å². The number of benzene rings is 1. The van der Waals surface area contributed by atoms with Crippen LogP contribution >= 0.6 is 24.0 Å².